The molecule has 0 spiro atoms. The lowest BCUT2D eigenvalue weighted by molar-refractivity contribution is 0.483. The summed E-state index contributed by atoms with van der Waals surface area (Å²) < 4.78 is 13.6. The predicted molar refractivity (Wildman–Crippen MR) is 215 cm³/mol. The van der Waals surface area contributed by atoms with E-state index in [0.29, 0.717) is 0 Å². The highest BCUT2D eigenvalue weighted by Gasteiger charge is 2.50. The van der Waals surface area contributed by atoms with Crippen molar-refractivity contribution in [2.75, 3.05) is 4.90 Å². The Labute approximate surface area is 302 Å². The van der Waals surface area contributed by atoms with Gasteiger partial charge >= 0.3 is 0 Å². The van der Waals surface area contributed by atoms with Crippen LogP contribution in [0.2, 0.25) is 0 Å². The number of fused-ring (bicyclic) bond motifs is 6. The molecule has 0 atom stereocenters. The SMILES string of the molecule is c1ccc([Si]2(c3ccccc3)c3ccccc3N(c3cccc(Oc4cccc(-c5ccccn5)c4)c3)c3ccc4c(oc5ccccc54)c32)cc1. The molecule has 5 heteroatoms. The Bertz CT molecular complexity index is 2690. The second-order valence-electron chi connectivity index (χ2n) is 13.1. The Morgan fingerprint density at radius 1 is 0.519 bits per heavy atom. The first-order chi connectivity index (χ1) is 25.8. The summed E-state index contributed by atoms with van der Waals surface area (Å²) >= 11 is 0. The van der Waals surface area contributed by atoms with E-state index < -0.39 is 8.07 Å². The third kappa shape index (κ3) is 4.71. The number of benzene rings is 7. The summed E-state index contributed by atoms with van der Waals surface area (Å²) in [6.07, 6.45) is 1.81. The monoisotopic (exact) mass is 684 g/mol. The average Bonchev–Trinajstić information content (AvgIpc) is 3.60. The first kappa shape index (κ1) is 30.2. The van der Waals surface area contributed by atoms with E-state index in [0.717, 1.165) is 61.8 Å². The van der Waals surface area contributed by atoms with E-state index in [4.69, 9.17) is 9.15 Å². The van der Waals surface area contributed by atoms with Crippen LogP contribution in [-0.4, -0.2) is 13.1 Å². The number of hydrogen-bond donors (Lipinski definition) is 0. The number of anilines is 3. The van der Waals surface area contributed by atoms with Crippen LogP contribution in [0, 0.1) is 0 Å². The molecule has 0 bridgehead atoms. The Balaban J connectivity index is 1.22. The van der Waals surface area contributed by atoms with Crippen LogP contribution in [0.1, 0.15) is 0 Å². The van der Waals surface area contributed by atoms with Gasteiger partial charge in [0, 0.05) is 45.2 Å². The van der Waals surface area contributed by atoms with Gasteiger partial charge in [-0.25, -0.2) is 0 Å². The Morgan fingerprint density at radius 3 is 2.00 bits per heavy atom. The van der Waals surface area contributed by atoms with Crippen LogP contribution < -0.4 is 30.4 Å². The molecule has 0 aliphatic carbocycles. The van der Waals surface area contributed by atoms with Crippen LogP contribution in [0.25, 0.3) is 33.2 Å². The van der Waals surface area contributed by atoms with Gasteiger partial charge in [0.2, 0.25) is 0 Å². The zero-order valence-electron chi connectivity index (χ0n) is 28.2. The largest absolute Gasteiger partial charge is 0.457 e. The van der Waals surface area contributed by atoms with Gasteiger partial charge in [-0.05, 0) is 76.2 Å². The minimum Gasteiger partial charge on any atom is -0.457 e. The molecular formula is C47H32N2O2Si. The quantitative estimate of drug-likeness (QED) is 0.164. The molecule has 52 heavy (non-hydrogen) atoms. The van der Waals surface area contributed by atoms with Crippen molar-refractivity contribution in [2.24, 2.45) is 0 Å². The topological polar surface area (TPSA) is 38.5 Å². The molecule has 0 amide bonds. The summed E-state index contributed by atoms with van der Waals surface area (Å²) in [5.74, 6) is 1.50. The lowest BCUT2D eigenvalue weighted by Gasteiger charge is -2.44. The van der Waals surface area contributed by atoms with E-state index in [1.165, 1.54) is 20.7 Å². The van der Waals surface area contributed by atoms with Gasteiger partial charge < -0.3 is 14.1 Å². The lowest BCUT2D eigenvalue weighted by Crippen LogP contribution is -2.77. The maximum atomic E-state index is 6.98. The molecule has 0 saturated carbocycles. The fourth-order valence-corrected chi connectivity index (χ4v) is 13.3. The van der Waals surface area contributed by atoms with Gasteiger partial charge in [-0.3, -0.25) is 4.98 Å². The van der Waals surface area contributed by atoms with E-state index in [-0.39, 0.29) is 0 Å². The molecule has 2 aromatic heterocycles. The normalized spacial score (nSPS) is 13.1. The number of nitrogens with zero attached hydrogens (tertiary/aromatic N) is 2. The van der Waals surface area contributed by atoms with Crippen LogP contribution >= 0.6 is 0 Å². The number of furan rings is 1. The van der Waals surface area contributed by atoms with Crippen molar-refractivity contribution in [3.63, 3.8) is 0 Å². The van der Waals surface area contributed by atoms with E-state index >= 15 is 0 Å². The first-order valence-electron chi connectivity index (χ1n) is 17.5. The third-order valence-electron chi connectivity index (χ3n) is 10.2. The van der Waals surface area contributed by atoms with Crippen LogP contribution in [0.5, 0.6) is 11.5 Å². The molecule has 0 radical (unpaired) electrons. The first-order valence-corrected chi connectivity index (χ1v) is 19.5. The molecule has 0 fully saturated rings. The van der Waals surface area contributed by atoms with Crippen molar-refractivity contribution in [1.29, 1.82) is 0 Å². The maximum Gasteiger partial charge on any atom is 0.188 e. The number of ether oxygens (including phenoxy) is 1. The van der Waals surface area contributed by atoms with E-state index in [1.807, 2.05) is 48.7 Å². The van der Waals surface area contributed by atoms with E-state index in [1.54, 1.807) is 0 Å². The van der Waals surface area contributed by atoms with Gasteiger partial charge in [-0.15, -0.1) is 0 Å². The number of pyridine rings is 1. The Hall–Kier alpha value is -6.69. The summed E-state index contributed by atoms with van der Waals surface area (Å²) in [6.45, 7) is 0. The fourth-order valence-electron chi connectivity index (χ4n) is 8.07. The van der Waals surface area contributed by atoms with Crippen molar-refractivity contribution >= 4 is 67.8 Å². The summed E-state index contributed by atoms with van der Waals surface area (Å²) in [6, 6.07) is 66.4. The van der Waals surface area contributed by atoms with Crippen molar-refractivity contribution < 1.29 is 9.15 Å². The third-order valence-corrected chi connectivity index (χ3v) is 15.1. The molecule has 9 aromatic rings. The molecule has 4 nitrogen and oxygen atoms in total. The van der Waals surface area contributed by atoms with Gasteiger partial charge in [-0.1, -0.05) is 121 Å². The molecule has 246 valence electrons. The van der Waals surface area contributed by atoms with Gasteiger partial charge in [0.05, 0.1) is 11.4 Å². The van der Waals surface area contributed by atoms with Crippen molar-refractivity contribution in [2.45, 2.75) is 0 Å². The second-order valence-corrected chi connectivity index (χ2v) is 16.8. The minimum absolute atomic E-state index is 0.750. The standard InChI is InChI=1S/C47H32N2O2Si/c1-3-19-37(20-4-1)52(38-21-5-2-6-22-38)45-27-10-8-25-42(45)49(43-29-28-40-39-23-7-9-26-44(39)51-46(40)47(43)52)34-16-14-18-36(32-34)50-35-17-13-15-33(31-35)41-24-11-12-30-48-41/h1-32H. The van der Waals surface area contributed by atoms with Crippen LogP contribution in [-0.2, 0) is 0 Å². The summed E-state index contributed by atoms with van der Waals surface area (Å²) in [7, 11) is -2.96. The second kappa shape index (κ2) is 12.3. The fraction of sp³-hybridized carbons (Fsp3) is 0. The van der Waals surface area contributed by atoms with Crippen molar-refractivity contribution in [1.82, 2.24) is 4.98 Å². The summed E-state index contributed by atoms with van der Waals surface area (Å²) in [4.78, 5) is 6.93. The molecule has 1 aliphatic heterocycles. The summed E-state index contributed by atoms with van der Waals surface area (Å²) in [5, 5.41) is 7.43. The van der Waals surface area contributed by atoms with Gasteiger partial charge in [0.1, 0.15) is 22.7 Å². The summed E-state index contributed by atoms with van der Waals surface area (Å²) in [5.41, 5.74) is 7.01. The highest BCUT2D eigenvalue weighted by Crippen LogP contribution is 2.43. The Kier molecular flexibility index (Phi) is 7.11. The molecule has 1 aliphatic rings. The molecular weight excluding hydrogens is 653 g/mol. The van der Waals surface area contributed by atoms with Crippen LogP contribution in [0.15, 0.2) is 199 Å². The van der Waals surface area contributed by atoms with Crippen LogP contribution in [0.4, 0.5) is 17.1 Å². The van der Waals surface area contributed by atoms with Crippen molar-refractivity contribution in [3.05, 3.63) is 194 Å². The molecule has 0 saturated heterocycles. The number of para-hydroxylation sites is 2. The van der Waals surface area contributed by atoms with Gasteiger partial charge in [0.15, 0.2) is 8.07 Å². The maximum absolute atomic E-state index is 6.98. The van der Waals surface area contributed by atoms with Crippen molar-refractivity contribution in [3.8, 4) is 22.8 Å². The molecule has 0 unspecified atom stereocenters. The zero-order valence-corrected chi connectivity index (χ0v) is 29.2. The molecule has 3 heterocycles. The molecule has 0 N–H and O–H groups in total. The molecule has 10 rings (SSSR count). The zero-order chi connectivity index (χ0) is 34.5. The number of hydrogen-bond acceptors (Lipinski definition) is 4. The Morgan fingerprint density at radius 2 is 1.21 bits per heavy atom. The van der Waals surface area contributed by atoms with Gasteiger partial charge in [0.25, 0.3) is 0 Å². The van der Waals surface area contributed by atoms with Gasteiger partial charge in [-0.2, -0.15) is 0 Å². The highest BCUT2D eigenvalue weighted by molar-refractivity contribution is 7.22. The van der Waals surface area contributed by atoms with E-state index in [9.17, 15) is 0 Å². The van der Waals surface area contributed by atoms with Crippen LogP contribution in [0.3, 0.4) is 0 Å². The lowest BCUT2D eigenvalue weighted by atomic mass is 10.1. The minimum atomic E-state index is -2.96. The highest BCUT2D eigenvalue weighted by atomic mass is 28.3. The number of aromatic nitrogens is 1. The number of rotatable bonds is 6. The predicted octanol–water partition coefficient (Wildman–Crippen LogP) is 9.60. The average molecular weight is 685 g/mol. The molecule has 7 aromatic carbocycles. The van der Waals surface area contributed by atoms with E-state index in [2.05, 4.69) is 155 Å². The smallest absolute Gasteiger partial charge is 0.188 e.